The quantitative estimate of drug-likeness (QED) is 0.577. The van der Waals surface area contributed by atoms with Crippen molar-refractivity contribution in [2.75, 3.05) is 19.4 Å². The summed E-state index contributed by atoms with van der Waals surface area (Å²) in [5.74, 6) is -0.0725. The van der Waals surface area contributed by atoms with Gasteiger partial charge in [-0.15, -0.1) is 0 Å². The predicted molar refractivity (Wildman–Crippen MR) is 105 cm³/mol. The first-order valence-electron chi connectivity index (χ1n) is 8.57. The maximum absolute atomic E-state index is 12.9. The smallest absolute Gasteiger partial charge is 0.246 e. The summed E-state index contributed by atoms with van der Waals surface area (Å²) in [7, 11) is 3.80. The Hall–Kier alpha value is -3.11. The van der Waals surface area contributed by atoms with Crippen LogP contribution in [0.1, 0.15) is 11.6 Å². The summed E-state index contributed by atoms with van der Waals surface area (Å²) in [5.41, 5.74) is 3.30. The fourth-order valence-electron chi connectivity index (χ4n) is 3.33. The lowest BCUT2D eigenvalue weighted by atomic mass is 10.1. The van der Waals surface area contributed by atoms with Gasteiger partial charge in [0.2, 0.25) is 5.91 Å². The van der Waals surface area contributed by atoms with E-state index in [4.69, 9.17) is 4.42 Å². The highest BCUT2D eigenvalue weighted by atomic mass is 16.3. The van der Waals surface area contributed by atoms with E-state index in [9.17, 15) is 4.79 Å². The van der Waals surface area contributed by atoms with Gasteiger partial charge in [0.15, 0.2) is 0 Å². The molecule has 0 saturated carbocycles. The molecule has 0 fully saturated rings. The third-order valence-electron chi connectivity index (χ3n) is 4.53. The normalized spacial score (nSPS) is 12.6. The van der Waals surface area contributed by atoms with Crippen LogP contribution in [0, 0.1) is 0 Å². The predicted octanol–water partition coefficient (Wildman–Crippen LogP) is 4.83. The van der Waals surface area contributed by atoms with E-state index in [2.05, 4.69) is 5.32 Å². The molecule has 3 aromatic carbocycles. The van der Waals surface area contributed by atoms with Gasteiger partial charge < -0.3 is 9.73 Å². The summed E-state index contributed by atoms with van der Waals surface area (Å²) in [6.07, 6.45) is 0. The van der Waals surface area contributed by atoms with Crippen molar-refractivity contribution in [3.8, 4) is 0 Å². The highest BCUT2D eigenvalue weighted by Gasteiger charge is 2.23. The molecule has 130 valence electrons. The van der Waals surface area contributed by atoms with Crippen molar-refractivity contribution in [1.82, 2.24) is 4.90 Å². The highest BCUT2D eigenvalue weighted by Crippen LogP contribution is 2.30. The van der Waals surface area contributed by atoms with Crippen molar-refractivity contribution in [2.24, 2.45) is 0 Å². The maximum Gasteiger partial charge on any atom is 0.246 e. The van der Waals surface area contributed by atoms with Crippen molar-refractivity contribution >= 4 is 33.5 Å². The van der Waals surface area contributed by atoms with Crippen LogP contribution in [0.3, 0.4) is 0 Å². The molecule has 1 heterocycles. The van der Waals surface area contributed by atoms with Gasteiger partial charge in [0.05, 0.1) is 0 Å². The van der Waals surface area contributed by atoms with E-state index in [0.717, 1.165) is 33.2 Å². The first-order valence-corrected chi connectivity index (χ1v) is 8.57. The van der Waals surface area contributed by atoms with Crippen LogP contribution in [0.25, 0.3) is 21.9 Å². The second kappa shape index (κ2) is 6.65. The minimum Gasteiger partial charge on any atom is -0.456 e. The Kier molecular flexibility index (Phi) is 4.19. The van der Waals surface area contributed by atoms with Gasteiger partial charge >= 0.3 is 0 Å². The van der Waals surface area contributed by atoms with Gasteiger partial charge in [-0.25, -0.2) is 0 Å². The summed E-state index contributed by atoms with van der Waals surface area (Å²) in [4.78, 5) is 14.8. The fraction of sp³-hybridized carbons (Fsp3) is 0.136. The lowest BCUT2D eigenvalue weighted by molar-refractivity contribution is -0.120. The first-order chi connectivity index (χ1) is 12.6. The number of nitrogens with one attached hydrogen (secondary N) is 1. The Bertz CT molecular complexity index is 1070. The number of likely N-dealkylation sites (N-methyl/N-ethyl adjacent to an activating group) is 1. The Balaban J connectivity index is 1.65. The van der Waals surface area contributed by atoms with Crippen molar-refractivity contribution in [3.63, 3.8) is 0 Å². The average molecular weight is 344 g/mol. The van der Waals surface area contributed by atoms with E-state index >= 15 is 0 Å². The maximum atomic E-state index is 12.9. The van der Waals surface area contributed by atoms with Crippen LogP contribution in [-0.2, 0) is 4.79 Å². The van der Waals surface area contributed by atoms with Crippen molar-refractivity contribution in [2.45, 2.75) is 6.04 Å². The van der Waals surface area contributed by atoms with Crippen LogP contribution in [0.15, 0.2) is 77.2 Å². The van der Waals surface area contributed by atoms with Crippen molar-refractivity contribution in [1.29, 1.82) is 0 Å². The number of hydrogen-bond donors (Lipinski definition) is 1. The minimum absolute atomic E-state index is 0.0725. The average Bonchev–Trinajstić information content (AvgIpc) is 3.00. The van der Waals surface area contributed by atoms with Crippen LogP contribution >= 0.6 is 0 Å². The Labute approximate surface area is 152 Å². The molecule has 4 nitrogen and oxygen atoms in total. The number of anilines is 1. The van der Waals surface area contributed by atoms with Gasteiger partial charge in [-0.3, -0.25) is 9.69 Å². The second-order valence-electron chi connectivity index (χ2n) is 6.58. The Morgan fingerprint density at radius 3 is 2.35 bits per heavy atom. The molecule has 0 bridgehead atoms. The van der Waals surface area contributed by atoms with Gasteiger partial charge in [0.25, 0.3) is 0 Å². The molecule has 0 aliphatic rings. The SMILES string of the molecule is CN(C)C(C(=O)Nc1ccc2c(c1)oc1ccccc12)c1ccccc1. The van der Waals surface area contributed by atoms with Gasteiger partial charge in [0.1, 0.15) is 17.2 Å². The topological polar surface area (TPSA) is 45.5 Å². The fourth-order valence-corrected chi connectivity index (χ4v) is 3.33. The minimum atomic E-state index is -0.359. The third kappa shape index (κ3) is 2.95. The summed E-state index contributed by atoms with van der Waals surface area (Å²) in [6, 6.07) is 23.1. The van der Waals surface area contributed by atoms with E-state index in [1.165, 1.54) is 0 Å². The zero-order valence-corrected chi connectivity index (χ0v) is 14.8. The molecule has 4 rings (SSSR count). The number of rotatable bonds is 4. The summed E-state index contributed by atoms with van der Waals surface area (Å²) < 4.78 is 5.91. The van der Waals surface area contributed by atoms with E-state index in [0.29, 0.717) is 0 Å². The van der Waals surface area contributed by atoms with Gasteiger partial charge in [-0.2, -0.15) is 0 Å². The van der Waals surface area contributed by atoms with Crippen molar-refractivity contribution < 1.29 is 9.21 Å². The highest BCUT2D eigenvalue weighted by molar-refractivity contribution is 6.06. The molecule has 1 amide bonds. The Morgan fingerprint density at radius 1 is 0.885 bits per heavy atom. The van der Waals surface area contributed by atoms with E-state index in [1.807, 2.05) is 91.8 Å². The molecule has 0 aliphatic heterocycles. The molecule has 26 heavy (non-hydrogen) atoms. The molecule has 4 heteroatoms. The molecular formula is C22H20N2O2. The number of fused-ring (bicyclic) bond motifs is 3. The molecular weight excluding hydrogens is 324 g/mol. The number of para-hydroxylation sites is 1. The zero-order valence-electron chi connectivity index (χ0n) is 14.8. The third-order valence-corrected chi connectivity index (χ3v) is 4.53. The number of carbonyl (C=O) groups excluding carboxylic acids is 1. The molecule has 1 unspecified atom stereocenters. The van der Waals surface area contributed by atoms with Gasteiger partial charge in [-0.05, 0) is 37.9 Å². The number of nitrogens with zero attached hydrogens (tertiary/aromatic N) is 1. The first kappa shape index (κ1) is 16.4. The summed E-state index contributed by atoms with van der Waals surface area (Å²) >= 11 is 0. The lowest BCUT2D eigenvalue weighted by Crippen LogP contribution is -2.32. The monoisotopic (exact) mass is 344 g/mol. The molecule has 0 aliphatic carbocycles. The standard InChI is InChI=1S/C22H20N2O2/c1-24(2)21(15-8-4-3-5-9-15)22(25)23-16-12-13-18-17-10-6-7-11-19(17)26-20(18)14-16/h3-14,21H,1-2H3,(H,23,25). The summed E-state index contributed by atoms with van der Waals surface area (Å²) in [5, 5.41) is 5.14. The number of benzene rings is 3. The number of furan rings is 1. The van der Waals surface area contributed by atoms with Crippen LogP contribution in [0.4, 0.5) is 5.69 Å². The molecule has 1 atom stereocenters. The molecule has 0 saturated heterocycles. The summed E-state index contributed by atoms with van der Waals surface area (Å²) in [6.45, 7) is 0. The largest absolute Gasteiger partial charge is 0.456 e. The number of amides is 1. The van der Waals surface area contributed by atoms with Gasteiger partial charge in [0, 0.05) is 22.5 Å². The lowest BCUT2D eigenvalue weighted by Gasteiger charge is -2.23. The molecule has 0 radical (unpaired) electrons. The number of carbonyl (C=O) groups is 1. The van der Waals surface area contributed by atoms with Crippen LogP contribution in [0.2, 0.25) is 0 Å². The van der Waals surface area contributed by atoms with Crippen LogP contribution in [0.5, 0.6) is 0 Å². The second-order valence-corrected chi connectivity index (χ2v) is 6.58. The van der Waals surface area contributed by atoms with Gasteiger partial charge in [-0.1, -0.05) is 48.5 Å². The van der Waals surface area contributed by atoms with E-state index in [-0.39, 0.29) is 11.9 Å². The van der Waals surface area contributed by atoms with Crippen molar-refractivity contribution in [3.05, 3.63) is 78.4 Å². The molecule has 1 N–H and O–H groups in total. The molecule has 1 aromatic heterocycles. The van der Waals surface area contributed by atoms with Crippen LogP contribution in [-0.4, -0.2) is 24.9 Å². The Morgan fingerprint density at radius 2 is 1.58 bits per heavy atom. The molecule has 4 aromatic rings. The molecule has 0 spiro atoms. The number of hydrogen-bond acceptors (Lipinski definition) is 3. The zero-order chi connectivity index (χ0) is 18.1. The van der Waals surface area contributed by atoms with E-state index in [1.54, 1.807) is 0 Å². The van der Waals surface area contributed by atoms with E-state index < -0.39 is 0 Å². The van der Waals surface area contributed by atoms with Crippen LogP contribution < -0.4 is 5.32 Å².